The molecular weight excluding hydrogens is 281 g/mol. The van der Waals surface area contributed by atoms with Crippen LogP contribution in [0.3, 0.4) is 0 Å². The second-order valence-corrected chi connectivity index (χ2v) is 4.65. The lowest BCUT2D eigenvalue weighted by Gasteiger charge is -2.09. The number of nitrogens with one attached hydrogen (secondary N) is 1. The molecule has 0 atom stereocenters. The maximum Gasteiger partial charge on any atom is 0.255 e. The second-order valence-electron chi connectivity index (χ2n) is 4.21. The van der Waals surface area contributed by atoms with E-state index in [1.54, 1.807) is 18.2 Å². The van der Waals surface area contributed by atoms with Crippen molar-refractivity contribution in [1.82, 2.24) is 0 Å². The van der Waals surface area contributed by atoms with E-state index in [0.29, 0.717) is 10.6 Å². The maximum atomic E-state index is 13.2. The highest BCUT2D eigenvalue weighted by molar-refractivity contribution is 6.31. The summed E-state index contributed by atoms with van der Waals surface area (Å²) in [5.41, 5.74) is 0.723. The lowest BCUT2D eigenvalue weighted by Crippen LogP contribution is -2.14. The molecular formula is C15H11ClFNO2. The van der Waals surface area contributed by atoms with Crippen LogP contribution in [0.1, 0.15) is 27.6 Å². The highest BCUT2D eigenvalue weighted by Gasteiger charge is 2.13. The Kier molecular flexibility index (Phi) is 4.15. The van der Waals surface area contributed by atoms with Crippen LogP contribution in [0.2, 0.25) is 5.02 Å². The van der Waals surface area contributed by atoms with Gasteiger partial charge >= 0.3 is 0 Å². The van der Waals surface area contributed by atoms with E-state index in [1.807, 2.05) is 0 Å². The number of amides is 1. The highest BCUT2D eigenvalue weighted by Crippen LogP contribution is 2.19. The topological polar surface area (TPSA) is 46.2 Å². The zero-order valence-corrected chi connectivity index (χ0v) is 11.4. The highest BCUT2D eigenvalue weighted by atomic mass is 35.5. The standard InChI is InChI=1S/C15H11ClFNO2/c1-9(19)13-6-5-12(17)8-14(13)18-15(20)10-3-2-4-11(16)7-10/h2-8H,1H3,(H,18,20). The van der Waals surface area contributed by atoms with Crippen molar-refractivity contribution in [3.05, 3.63) is 64.4 Å². The number of Topliss-reactive ketones (excluding diaryl/α,β-unsaturated/α-hetero) is 1. The molecule has 0 aliphatic carbocycles. The van der Waals surface area contributed by atoms with Gasteiger partial charge in [-0.2, -0.15) is 0 Å². The second kappa shape index (κ2) is 5.84. The van der Waals surface area contributed by atoms with Gasteiger partial charge in [-0.25, -0.2) is 4.39 Å². The average Bonchev–Trinajstić information content (AvgIpc) is 2.38. The molecule has 0 aliphatic heterocycles. The maximum absolute atomic E-state index is 13.2. The molecule has 20 heavy (non-hydrogen) atoms. The number of hydrogen-bond acceptors (Lipinski definition) is 2. The van der Waals surface area contributed by atoms with Gasteiger partial charge in [0.1, 0.15) is 5.82 Å². The third-order valence-corrected chi connectivity index (χ3v) is 2.93. The molecule has 0 aromatic heterocycles. The first kappa shape index (κ1) is 14.2. The molecule has 0 spiro atoms. The fraction of sp³-hybridized carbons (Fsp3) is 0.0667. The summed E-state index contributed by atoms with van der Waals surface area (Å²) >= 11 is 5.80. The van der Waals surface area contributed by atoms with Crippen LogP contribution in [0.4, 0.5) is 10.1 Å². The van der Waals surface area contributed by atoms with E-state index in [4.69, 9.17) is 11.6 Å². The molecule has 0 radical (unpaired) electrons. The van der Waals surface area contributed by atoms with Crippen LogP contribution in [-0.4, -0.2) is 11.7 Å². The summed E-state index contributed by atoms with van der Waals surface area (Å²) < 4.78 is 13.2. The van der Waals surface area contributed by atoms with Crippen LogP contribution in [0.25, 0.3) is 0 Å². The first-order valence-corrected chi connectivity index (χ1v) is 6.22. The first-order valence-electron chi connectivity index (χ1n) is 5.85. The van der Waals surface area contributed by atoms with Gasteiger partial charge in [-0.3, -0.25) is 9.59 Å². The zero-order valence-electron chi connectivity index (χ0n) is 10.6. The SMILES string of the molecule is CC(=O)c1ccc(F)cc1NC(=O)c1cccc(Cl)c1. The van der Waals surface area contributed by atoms with Crippen molar-refractivity contribution < 1.29 is 14.0 Å². The summed E-state index contributed by atoms with van der Waals surface area (Å²) in [6.45, 7) is 1.35. The summed E-state index contributed by atoms with van der Waals surface area (Å²) in [5, 5.41) is 2.94. The van der Waals surface area contributed by atoms with Crippen LogP contribution in [0.15, 0.2) is 42.5 Å². The summed E-state index contributed by atoms with van der Waals surface area (Å²) in [5.74, 6) is -1.25. The van der Waals surface area contributed by atoms with Crippen molar-refractivity contribution in [2.75, 3.05) is 5.32 Å². The average molecular weight is 292 g/mol. The zero-order chi connectivity index (χ0) is 14.7. The van der Waals surface area contributed by atoms with E-state index in [1.165, 1.54) is 25.1 Å². The summed E-state index contributed by atoms with van der Waals surface area (Å²) in [7, 11) is 0. The van der Waals surface area contributed by atoms with Crippen LogP contribution in [-0.2, 0) is 0 Å². The van der Waals surface area contributed by atoms with Crippen molar-refractivity contribution in [3.63, 3.8) is 0 Å². The fourth-order valence-corrected chi connectivity index (χ4v) is 1.94. The normalized spacial score (nSPS) is 10.2. The number of carbonyl (C=O) groups is 2. The van der Waals surface area contributed by atoms with Crippen LogP contribution in [0, 0.1) is 5.82 Å². The fourth-order valence-electron chi connectivity index (χ4n) is 1.75. The van der Waals surface area contributed by atoms with Crippen molar-refractivity contribution in [1.29, 1.82) is 0 Å². The minimum Gasteiger partial charge on any atom is -0.321 e. The predicted octanol–water partition coefficient (Wildman–Crippen LogP) is 3.93. The van der Waals surface area contributed by atoms with Gasteiger partial charge in [0.15, 0.2) is 5.78 Å². The third kappa shape index (κ3) is 3.22. The number of rotatable bonds is 3. The van der Waals surface area contributed by atoms with Gasteiger partial charge in [-0.15, -0.1) is 0 Å². The van der Waals surface area contributed by atoms with Gasteiger partial charge < -0.3 is 5.32 Å². The van der Waals surface area contributed by atoms with Gasteiger partial charge in [0.2, 0.25) is 0 Å². The minimum atomic E-state index is -0.531. The quantitative estimate of drug-likeness (QED) is 0.871. The number of benzene rings is 2. The molecule has 2 rings (SSSR count). The molecule has 1 N–H and O–H groups in total. The Morgan fingerprint density at radius 2 is 1.90 bits per heavy atom. The third-order valence-electron chi connectivity index (χ3n) is 2.70. The summed E-state index contributed by atoms with van der Waals surface area (Å²) in [4.78, 5) is 23.5. The molecule has 102 valence electrons. The number of ketones is 1. The number of hydrogen-bond donors (Lipinski definition) is 1. The van der Waals surface area contributed by atoms with Crippen molar-refractivity contribution in [2.45, 2.75) is 6.92 Å². The Morgan fingerprint density at radius 1 is 1.15 bits per heavy atom. The van der Waals surface area contributed by atoms with E-state index < -0.39 is 11.7 Å². The smallest absolute Gasteiger partial charge is 0.255 e. The molecule has 2 aromatic carbocycles. The van der Waals surface area contributed by atoms with Crippen molar-refractivity contribution in [3.8, 4) is 0 Å². The number of halogens is 2. The van der Waals surface area contributed by atoms with Crippen LogP contribution in [0.5, 0.6) is 0 Å². The molecule has 1 amide bonds. The molecule has 2 aromatic rings. The molecule has 5 heteroatoms. The van der Waals surface area contributed by atoms with Gasteiger partial charge in [0.05, 0.1) is 5.69 Å². The van der Waals surface area contributed by atoms with E-state index in [0.717, 1.165) is 6.07 Å². The largest absolute Gasteiger partial charge is 0.321 e. The Balaban J connectivity index is 2.32. The molecule has 0 aliphatic rings. The van der Waals surface area contributed by atoms with Crippen LogP contribution >= 0.6 is 11.6 Å². The first-order chi connectivity index (χ1) is 9.47. The molecule has 0 fully saturated rings. The Bertz CT molecular complexity index is 685. The van der Waals surface area contributed by atoms with Crippen molar-refractivity contribution >= 4 is 29.0 Å². The molecule has 0 unspecified atom stereocenters. The Labute approximate surface area is 120 Å². The molecule has 3 nitrogen and oxygen atoms in total. The van der Waals surface area contributed by atoms with Gasteiger partial charge in [0.25, 0.3) is 5.91 Å². The van der Waals surface area contributed by atoms with Gasteiger partial charge in [0, 0.05) is 16.1 Å². The van der Waals surface area contributed by atoms with E-state index in [-0.39, 0.29) is 17.0 Å². The monoisotopic (exact) mass is 291 g/mol. The molecule has 0 saturated carbocycles. The minimum absolute atomic E-state index is 0.141. The molecule has 0 heterocycles. The summed E-state index contributed by atoms with van der Waals surface area (Å²) in [6.07, 6.45) is 0. The van der Waals surface area contributed by atoms with E-state index in [2.05, 4.69) is 5.32 Å². The lowest BCUT2D eigenvalue weighted by molar-refractivity contribution is 0.101. The lowest BCUT2D eigenvalue weighted by atomic mass is 10.1. The van der Waals surface area contributed by atoms with E-state index in [9.17, 15) is 14.0 Å². The van der Waals surface area contributed by atoms with Gasteiger partial charge in [-0.05, 0) is 43.3 Å². The van der Waals surface area contributed by atoms with E-state index >= 15 is 0 Å². The summed E-state index contributed by atoms with van der Waals surface area (Å²) in [6, 6.07) is 9.96. The predicted molar refractivity (Wildman–Crippen MR) is 75.8 cm³/mol. The van der Waals surface area contributed by atoms with Crippen LogP contribution < -0.4 is 5.32 Å². The van der Waals surface area contributed by atoms with Crippen molar-refractivity contribution in [2.24, 2.45) is 0 Å². The Hall–Kier alpha value is -2.20. The molecule has 0 bridgehead atoms. The number of anilines is 1. The van der Waals surface area contributed by atoms with Gasteiger partial charge in [-0.1, -0.05) is 17.7 Å². The Morgan fingerprint density at radius 3 is 2.55 bits per heavy atom. The molecule has 0 saturated heterocycles. The number of carbonyl (C=O) groups excluding carboxylic acids is 2.